The van der Waals surface area contributed by atoms with Crippen molar-refractivity contribution in [2.24, 2.45) is 0 Å². The van der Waals surface area contributed by atoms with Gasteiger partial charge in [0.05, 0.1) is 17.4 Å². The van der Waals surface area contributed by atoms with Crippen molar-refractivity contribution in [3.05, 3.63) is 30.1 Å². The molecular weight excluding hydrogens is 236 g/mol. The van der Waals surface area contributed by atoms with E-state index in [1.54, 1.807) is 6.33 Å². The Bertz CT molecular complexity index is 532. The normalized spacial score (nSPS) is 11.6. The zero-order chi connectivity index (χ0) is 13.1. The number of hydrogen-bond acceptors (Lipinski definition) is 2. The van der Waals surface area contributed by atoms with Crippen LogP contribution >= 0.6 is 0 Å². The molecule has 0 unspecified atom stereocenters. The van der Waals surface area contributed by atoms with Crippen LogP contribution in [0.3, 0.4) is 0 Å². The van der Waals surface area contributed by atoms with Gasteiger partial charge in [0.1, 0.15) is 0 Å². The van der Waals surface area contributed by atoms with Gasteiger partial charge in [0, 0.05) is 25.2 Å². The zero-order valence-electron chi connectivity index (χ0n) is 10.7. The highest BCUT2D eigenvalue weighted by molar-refractivity contribution is 5.75. The fourth-order valence-corrected chi connectivity index (χ4v) is 2.02. The zero-order valence-corrected chi connectivity index (χ0v) is 10.7. The van der Waals surface area contributed by atoms with Crippen LogP contribution in [0.5, 0.6) is 0 Å². The summed E-state index contributed by atoms with van der Waals surface area (Å²) in [6, 6.07) is 2.35. The molecule has 2 rings (SSSR count). The van der Waals surface area contributed by atoms with Crippen LogP contribution in [0.1, 0.15) is 13.8 Å². The summed E-state index contributed by atoms with van der Waals surface area (Å²) < 4.78 is 28.1. The van der Waals surface area contributed by atoms with Crippen LogP contribution in [0.2, 0.25) is 0 Å². The second-order valence-corrected chi connectivity index (χ2v) is 4.22. The van der Waals surface area contributed by atoms with Gasteiger partial charge >= 0.3 is 0 Å². The van der Waals surface area contributed by atoms with Gasteiger partial charge in [0.2, 0.25) is 0 Å². The molecule has 0 atom stereocenters. The van der Waals surface area contributed by atoms with E-state index in [9.17, 15) is 8.78 Å². The highest BCUT2D eigenvalue weighted by atomic mass is 19.2. The Kier molecular flexibility index (Phi) is 3.91. The minimum absolute atomic E-state index is 0.494. The van der Waals surface area contributed by atoms with Gasteiger partial charge in [0.15, 0.2) is 11.6 Å². The van der Waals surface area contributed by atoms with E-state index >= 15 is 0 Å². The number of aromatic nitrogens is 2. The van der Waals surface area contributed by atoms with Gasteiger partial charge in [-0.1, -0.05) is 13.8 Å². The maximum absolute atomic E-state index is 13.2. The summed E-state index contributed by atoms with van der Waals surface area (Å²) in [6.45, 7) is 7.76. The molecule has 0 N–H and O–H groups in total. The van der Waals surface area contributed by atoms with E-state index in [2.05, 4.69) is 23.7 Å². The van der Waals surface area contributed by atoms with Crippen LogP contribution in [0, 0.1) is 11.6 Å². The number of hydrogen-bond donors (Lipinski definition) is 0. The van der Waals surface area contributed by atoms with Crippen molar-refractivity contribution in [1.29, 1.82) is 0 Å². The summed E-state index contributed by atoms with van der Waals surface area (Å²) in [5.41, 5.74) is 1.13. The molecule has 18 heavy (non-hydrogen) atoms. The third-order valence-corrected chi connectivity index (χ3v) is 3.21. The Morgan fingerprint density at radius 2 is 1.83 bits per heavy atom. The van der Waals surface area contributed by atoms with Gasteiger partial charge < -0.3 is 9.47 Å². The summed E-state index contributed by atoms with van der Waals surface area (Å²) >= 11 is 0. The lowest BCUT2D eigenvalue weighted by molar-refractivity contribution is 0.292. The maximum Gasteiger partial charge on any atom is 0.161 e. The summed E-state index contributed by atoms with van der Waals surface area (Å²) in [5, 5.41) is 0. The Morgan fingerprint density at radius 1 is 1.17 bits per heavy atom. The van der Waals surface area contributed by atoms with E-state index in [1.165, 1.54) is 6.07 Å². The van der Waals surface area contributed by atoms with Gasteiger partial charge in [-0.15, -0.1) is 0 Å². The average molecular weight is 253 g/mol. The molecule has 3 nitrogen and oxygen atoms in total. The van der Waals surface area contributed by atoms with E-state index in [1.807, 2.05) is 4.57 Å². The molecule has 0 aliphatic heterocycles. The number of benzene rings is 1. The Hall–Kier alpha value is -1.49. The topological polar surface area (TPSA) is 21.1 Å². The van der Waals surface area contributed by atoms with Gasteiger partial charge in [-0.3, -0.25) is 0 Å². The first-order chi connectivity index (χ1) is 8.65. The van der Waals surface area contributed by atoms with Crippen LogP contribution < -0.4 is 0 Å². The van der Waals surface area contributed by atoms with E-state index in [0.717, 1.165) is 32.2 Å². The van der Waals surface area contributed by atoms with Crippen molar-refractivity contribution in [3.63, 3.8) is 0 Å². The number of fused-ring (bicyclic) bond motifs is 1. The smallest absolute Gasteiger partial charge is 0.161 e. The predicted octanol–water partition coefficient (Wildman–Crippen LogP) is 2.66. The molecular formula is C13H17F2N3. The third kappa shape index (κ3) is 2.51. The molecule has 5 heteroatoms. The minimum Gasteiger partial charge on any atom is -0.329 e. The van der Waals surface area contributed by atoms with Crippen molar-refractivity contribution in [3.8, 4) is 0 Å². The quantitative estimate of drug-likeness (QED) is 0.816. The van der Waals surface area contributed by atoms with Gasteiger partial charge in [-0.25, -0.2) is 13.8 Å². The van der Waals surface area contributed by atoms with Crippen molar-refractivity contribution in [2.45, 2.75) is 20.4 Å². The molecule has 1 aromatic heterocycles. The van der Waals surface area contributed by atoms with Crippen molar-refractivity contribution in [2.75, 3.05) is 19.6 Å². The van der Waals surface area contributed by atoms with Crippen molar-refractivity contribution in [1.82, 2.24) is 14.5 Å². The second-order valence-electron chi connectivity index (χ2n) is 4.22. The fraction of sp³-hybridized carbons (Fsp3) is 0.462. The fourth-order valence-electron chi connectivity index (χ4n) is 2.02. The van der Waals surface area contributed by atoms with Gasteiger partial charge in [-0.05, 0) is 13.1 Å². The summed E-state index contributed by atoms with van der Waals surface area (Å²) in [4.78, 5) is 6.36. The summed E-state index contributed by atoms with van der Waals surface area (Å²) in [5.74, 6) is -1.68. The van der Waals surface area contributed by atoms with Crippen LogP contribution in [-0.2, 0) is 6.54 Å². The lowest BCUT2D eigenvalue weighted by Gasteiger charge is -2.18. The first-order valence-electron chi connectivity index (χ1n) is 6.18. The number of rotatable bonds is 5. The first kappa shape index (κ1) is 13.0. The molecule has 0 spiro atoms. The molecule has 0 saturated carbocycles. The molecule has 0 amide bonds. The van der Waals surface area contributed by atoms with E-state index in [-0.39, 0.29) is 0 Å². The highest BCUT2D eigenvalue weighted by Gasteiger charge is 2.09. The largest absolute Gasteiger partial charge is 0.329 e. The van der Waals surface area contributed by atoms with E-state index in [0.29, 0.717) is 11.0 Å². The Labute approximate surface area is 105 Å². The Balaban J connectivity index is 2.21. The van der Waals surface area contributed by atoms with E-state index < -0.39 is 11.6 Å². The SMILES string of the molecule is CCN(CC)CCn1cnc2cc(F)c(F)cc21. The van der Waals surface area contributed by atoms with Gasteiger partial charge in [0.25, 0.3) is 0 Å². The number of nitrogens with zero attached hydrogens (tertiary/aromatic N) is 3. The van der Waals surface area contributed by atoms with Crippen LogP contribution in [0.25, 0.3) is 11.0 Å². The van der Waals surface area contributed by atoms with Crippen molar-refractivity contribution < 1.29 is 8.78 Å². The number of halogens is 2. The second kappa shape index (κ2) is 5.44. The molecule has 0 fully saturated rings. The molecule has 0 aliphatic carbocycles. The number of likely N-dealkylation sites (N-methyl/N-ethyl adjacent to an activating group) is 1. The monoisotopic (exact) mass is 253 g/mol. The van der Waals surface area contributed by atoms with Crippen LogP contribution in [-0.4, -0.2) is 34.1 Å². The summed E-state index contributed by atoms with van der Waals surface area (Å²) in [7, 11) is 0. The van der Waals surface area contributed by atoms with Gasteiger partial charge in [-0.2, -0.15) is 0 Å². The van der Waals surface area contributed by atoms with Crippen LogP contribution in [0.15, 0.2) is 18.5 Å². The molecule has 1 aromatic carbocycles. The third-order valence-electron chi connectivity index (χ3n) is 3.21. The highest BCUT2D eigenvalue weighted by Crippen LogP contribution is 2.17. The first-order valence-corrected chi connectivity index (χ1v) is 6.18. The lowest BCUT2D eigenvalue weighted by atomic mass is 10.3. The average Bonchev–Trinajstić information content (AvgIpc) is 2.74. The summed E-state index contributed by atoms with van der Waals surface area (Å²) in [6.07, 6.45) is 1.63. The number of imidazole rings is 1. The van der Waals surface area contributed by atoms with Crippen molar-refractivity contribution >= 4 is 11.0 Å². The molecule has 0 bridgehead atoms. The van der Waals surface area contributed by atoms with E-state index in [4.69, 9.17) is 0 Å². The lowest BCUT2D eigenvalue weighted by Crippen LogP contribution is -2.26. The Morgan fingerprint density at radius 3 is 2.50 bits per heavy atom. The predicted molar refractivity (Wildman–Crippen MR) is 67.4 cm³/mol. The standard InChI is InChI=1S/C13H17F2N3/c1-3-17(4-2)5-6-18-9-16-12-7-10(14)11(15)8-13(12)18/h7-9H,3-6H2,1-2H3. The molecule has 98 valence electrons. The maximum atomic E-state index is 13.2. The minimum atomic E-state index is -0.850. The molecule has 1 heterocycles. The molecule has 2 aromatic rings. The molecule has 0 saturated heterocycles. The molecule has 0 radical (unpaired) electrons. The molecule has 0 aliphatic rings. The van der Waals surface area contributed by atoms with Crippen LogP contribution in [0.4, 0.5) is 8.78 Å².